The van der Waals surface area contributed by atoms with Gasteiger partial charge >= 0.3 is 5.97 Å². The topological polar surface area (TPSA) is 82.3 Å². The number of halogens is 1. The van der Waals surface area contributed by atoms with Gasteiger partial charge in [0.1, 0.15) is 6.17 Å². The maximum Gasteiger partial charge on any atom is 0.303 e. The maximum absolute atomic E-state index is 13.6. The lowest BCUT2D eigenvalue weighted by molar-refractivity contribution is -0.138. The van der Waals surface area contributed by atoms with Gasteiger partial charge in [-0.15, -0.1) is 6.58 Å². The van der Waals surface area contributed by atoms with Crippen molar-refractivity contribution in [2.24, 2.45) is 21.8 Å². The second-order valence-electron chi connectivity index (χ2n) is 9.46. The quantitative estimate of drug-likeness (QED) is 0.127. The Bertz CT molecular complexity index is 1110. The predicted molar refractivity (Wildman–Crippen MR) is 153 cm³/mol. The van der Waals surface area contributed by atoms with Crippen molar-refractivity contribution >= 4 is 24.3 Å². The number of amides is 1. The minimum atomic E-state index is -1.05. The summed E-state index contributed by atoms with van der Waals surface area (Å²) in [5.41, 5.74) is 2.42. The Labute approximate surface area is 225 Å². The highest BCUT2D eigenvalue weighted by Gasteiger charge is 2.29. The fourth-order valence-corrected chi connectivity index (χ4v) is 3.84. The highest BCUT2D eigenvalue weighted by atomic mass is 19.1. The van der Waals surface area contributed by atoms with Crippen molar-refractivity contribution < 1.29 is 19.1 Å². The van der Waals surface area contributed by atoms with Gasteiger partial charge in [0.15, 0.2) is 0 Å². The molecule has 1 N–H and O–H groups in total. The number of likely N-dealkylation sites (tertiary alicyclic amines) is 1. The lowest BCUT2D eigenvalue weighted by Crippen LogP contribution is -2.49. The average Bonchev–Trinajstić information content (AvgIpc) is 2.85. The monoisotopic (exact) mass is 519 g/mol. The smallest absolute Gasteiger partial charge is 0.303 e. The highest BCUT2D eigenvalue weighted by molar-refractivity contribution is 5.94. The number of aliphatic imine (C=N–C) groups is 2. The molecule has 1 saturated heterocycles. The van der Waals surface area contributed by atoms with E-state index in [-0.39, 0.29) is 30.6 Å². The molecular formula is C31H38FN3O3. The zero-order valence-electron chi connectivity index (χ0n) is 22.3. The number of carbonyl (C=O) groups excluding carboxylic acids is 1. The van der Waals surface area contributed by atoms with Crippen LogP contribution in [0.25, 0.3) is 0 Å². The number of hydrogen-bond donors (Lipinski definition) is 1. The number of carboxylic acid groups (broad SMARTS) is 1. The second-order valence-corrected chi connectivity index (χ2v) is 9.46. The summed E-state index contributed by atoms with van der Waals surface area (Å²) >= 11 is 0. The van der Waals surface area contributed by atoms with Crippen molar-refractivity contribution in [1.29, 1.82) is 0 Å². The molecule has 0 bridgehead atoms. The fraction of sp³-hybridized carbons (Fsp3) is 0.355. The van der Waals surface area contributed by atoms with E-state index in [2.05, 4.69) is 23.1 Å². The third kappa shape index (κ3) is 10.6. The van der Waals surface area contributed by atoms with Crippen LogP contribution < -0.4 is 0 Å². The Balaban J connectivity index is 2.18. The molecule has 202 valence electrons. The van der Waals surface area contributed by atoms with Crippen LogP contribution in [0, 0.1) is 11.8 Å². The van der Waals surface area contributed by atoms with Crippen molar-refractivity contribution in [2.45, 2.75) is 45.7 Å². The molecule has 7 heteroatoms. The summed E-state index contributed by atoms with van der Waals surface area (Å²) in [5, 5.41) is 8.96. The van der Waals surface area contributed by atoms with Crippen molar-refractivity contribution in [1.82, 2.24) is 4.90 Å². The molecule has 38 heavy (non-hydrogen) atoms. The molecule has 1 amide bonds. The van der Waals surface area contributed by atoms with E-state index >= 15 is 0 Å². The lowest BCUT2D eigenvalue weighted by Gasteiger charge is -2.38. The molecule has 1 heterocycles. The number of aliphatic carboxylic acids is 1. The Morgan fingerprint density at radius 2 is 1.89 bits per heavy atom. The van der Waals surface area contributed by atoms with Crippen LogP contribution in [0.1, 0.15) is 45.1 Å². The van der Waals surface area contributed by atoms with Crippen molar-refractivity contribution in [3.8, 4) is 0 Å². The van der Waals surface area contributed by atoms with Crippen LogP contribution in [0.4, 0.5) is 4.39 Å². The van der Waals surface area contributed by atoms with E-state index in [9.17, 15) is 14.0 Å². The van der Waals surface area contributed by atoms with Gasteiger partial charge in [-0.1, -0.05) is 62.1 Å². The van der Waals surface area contributed by atoms with Crippen molar-refractivity contribution in [3.63, 3.8) is 0 Å². The number of carbonyl (C=O) groups is 2. The van der Waals surface area contributed by atoms with E-state index in [4.69, 9.17) is 5.11 Å². The molecule has 2 atom stereocenters. The third-order valence-electron chi connectivity index (χ3n) is 6.02. The minimum Gasteiger partial charge on any atom is -0.481 e. The van der Waals surface area contributed by atoms with Crippen molar-refractivity contribution in [2.75, 3.05) is 13.1 Å². The summed E-state index contributed by atoms with van der Waals surface area (Å²) in [6, 6.07) is 9.62. The van der Waals surface area contributed by atoms with Crippen LogP contribution in [-0.4, -0.2) is 53.6 Å². The van der Waals surface area contributed by atoms with E-state index < -0.39 is 12.1 Å². The van der Waals surface area contributed by atoms with Crippen LogP contribution in [0.2, 0.25) is 0 Å². The van der Waals surface area contributed by atoms with Gasteiger partial charge in [-0.05, 0) is 49.8 Å². The van der Waals surface area contributed by atoms with Crippen LogP contribution >= 0.6 is 0 Å². The standard InChI is InChI=1S/C31H38FN3O3/c1-5-11-27(32)16-15-26-21-35(22-26)31(38)24(4)19-29(33-17-10-12-23(3)18-30(36)37)28(6-2)34-20-25-13-8-7-9-14-25/h5-9,13-17,19-20,23,26-27H,1-2,10-12,18,21-22H2,3-4H3,(H,36,37)/b16-15+,24-19+,29-28-,33-17?,34-20?/t23-,27?/m0/s1. The molecule has 1 fully saturated rings. The average molecular weight is 520 g/mol. The van der Waals surface area contributed by atoms with E-state index in [1.54, 1.807) is 42.5 Å². The first kappa shape index (κ1) is 30.4. The van der Waals surface area contributed by atoms with Gasteiger partial charge in [-0.3, -0.25) is 19.6 Å². The highest BCUT2D eigenvalue weighted by Crippen LogP contribution is 2.22. The minimum absolute atomic E-state index is 0.0260. The molecule has 2 rings (SSSR count). The summed E-state index contributed by atoms with van der Waals surface area (Å²) in [6.45, 7) is 12.1. The Morgan fingerprint density at radius 3 is 2.53 bits per heavy atom. The van der Waals surface area contributed by atoms with Crippen molar-refractivity contribution in [3.05, 3.63) is 96.4 Å². The number of nitrogens with zero attached hydrogens (tertiary/aromatic N) is 3. The number of hydrogen-bond acceptors (Lipinski definition) is 4. The Morgan fingerprint density at radius 1 is 1.18 bits per heavy atom. The lowest BCUT2D eigenvalue weighted by atomic mass is 9.97. The summed E-state index contributed by atoms with van der Waals surface area (Å²) in [4.78, 5) is 34.8. The van der Waals surface area contributed by atoms with Gasteiger partial charge in [0.2, 0.25) is 5.91 Å². The van der Waals surface area contributed by atoms with E-state index in [0.717, 1.165) is 5.56 Å². The normalized spacial score (nSPS) is 16.9. The summed E-state index contributed by atoms with van der Waals surface area (Å²) in [5.74, 6) is -0.773. The van der Waals surface area contributed by atoms with E-state index in [0.29, 0.717) is 42.9 Å². The molecule has 1 aromatic rings. The fourth-order valence-electron chi connectivity index (χ4n) is 3.84. The molecular weight excluding hydrogens is 481 g/mol. The molecule has 0 aromatic heterocycles. The zero-order chi connectivity index (χ0) is 27.9. The first-order valence-corrected chi connectivity index (χ1v) is 12.8. The largest absolute Gasteiger partial charge is 0.481 e. The van der Waals surface area contributed by atoms with Gasteiger partial charge < -0.3 is 10.0 Å². The number of rotatable bonds is 15. The molecule has 6 nitrogen and oxygen atoms in total. The van der Waals surface area contributed by atoms with E-state index in [1.807, 2.05) is 43.3 Å². The van der Waals surface area contributed by atoms with Crippen LogP contribution in [0.5, 0.6) is 0 Å². The molecule has 0 radical (unpaired) electrons. The molecule has 1 aromatic carbocycles. The summed E-state index contributed by atoms with van der Waals surface area (Å²) in [6.07, 6.45) is 12.2. The molecule has 1 unspecified atom stereocenters. The van der Waals surface area contributed by atoms with Gasteiger partial charge in [0.05, 0.1) is 11.4 Å². The van der Waals surface area contributed by atoms with Crippen LogP contribution in [-0.2, 0) is 9.59 Å². The molecule has 0 spiro atoms. The summed E-state index contributed by atoms with van der Waals surface area (Å²) < 4.78 is 13.6. The van der Waals surface area contributed by atoms with E-state index in [1.165, 1.54) is 6.08 Å². The maximum atomic E-state index is 13.6. The zero-order valence-corrected chi connectivity index (χ0v) is 22.3. The Hall–Kier alpha value is -3.87. The van der Waals surface area contributed by atoms with Crippen LogP contribution in [0.15, 0.2) is 101 Å². The predicted octanol–water partition coefficient (Wildman–Crippen LogP) is 6.34. The number of benzene rings is 1. The Kier molecular flexibility index (Phi) is 12.8. The van der Waals surface area contributed by atoms with Gasteiger partial charge in [-0.2, -0.15) is 0 Å². The second kappa shape index (κ2) is 16.1. The van der Waals surface area contributed by atoms with Gasteiger partial charge in [0.25, 0.3) is 0 Å². The van der Waals surface area contributed by atoms with Crippen LogP contribution in [0.3, 0.4) is 0 Å². The third-order valence-corrected chi connectivity index (χ3v) is 6.02. The first-order valence-electron chi connectivity index (χ1n) is 12.8. The van der Waals surface area contributed by atoms with Gasteiger partial charge in [0, 0.05) is 43.4 Å². The number of allylic oxidation sites excluding steroid dienone is 4. The molecule has 0 saturated carbocycles. The summed E-state index contributed by atoms with van der Waals surface area (Å²) in [7, 11) is 0. The SMILES string of the molecule is C=CCC(F)/C=C/C1CN(C(=O)/C(C)=C/C(N=CCC[C@H](C)CC(=O)O)=C(\C=C)N=Cc2ccccc2)C1. The number of alkyl halides is 1. The van der Waals surface area contributed by atoms with Gasteiger partial charge in [-0.25, -0.2) is 4.39 Å². The molecule has 1 aliphatic heterocycles. The molecule has 1 aliphatic rings. The number of carboxylic acids is 1. The first-order chi connectivity index (χ1) is 18.2. The molecule has 0 aliphatic carbocycles.